The number of hydrogen-bond donors (Lipinski definition) is 0. The Morgan fingerprint density at radius 2 is 1.02 bits per heavy atom. The van der Waals surface area contributed by atoms with Crippen molar-refractivity contribution in [1.29, 1.82) is 0 Å². The van der Waals surface area contributed by atoms with Crippen LogP contribution in [0.4, 0.5) is 22.7 Å². The van der Waals surface area contributed by atoms with Crippen molar-refractivity contribution in [2.24, 2.45) is 0 Å². The van der Waals surface area contributed by atoms with Crippen molar-refractivity contribution in [1.82, 2.24) is 0 Å². The van der Waals surface area contributed by atoms with Crippen molar-refractivity contribution in [2.45, 2.75) is 59.3 Å². The summed E-state index contributed by atoms with van der Waals surface area (Å²) in [4.78, 5) is 4.80. The van der Waals surface area contributed by atoms with Crippen molar-refractivity contribution >= 4 is 40.4 Å². The summed E-state index contributed by atoms with van der Waals surface area (Å²) in [6.07, 6.45) is 0. The number of nitrogens with zero attached hydrogens (tertiary/aromatic N) is 2. The molecule has 2 heterocycles. The maximum absolute atomic E-state index is 7.21. The third-order valence-electron chi connectivity index (χ3n) is 9.22. The highest BCUT2D eigenvalue weighted by Crippen LogP contribution is 2.48. The number of benzene rings is 5. The molecule has 3 nitrogen and oxygen atoms in total. The van der Waals surface area contributed by atoms with Gasteiger partial charge in [-0.1, -0.05) is 126 Å². The van der Waals surface area contributed by atoms with Crippen LogP contribution in [0.5, 0.6) is 5.75 Å². The summed E-state index contributed by atoms with van der Waals surface area (Å²) < 4.78 is 7.21. The first-order valence-corrected chi connectivity index (χ1v) is 16.3. The van der Waals surface area contributed by atoms with E-state index >= 15 is 0 Å². The molecule has 0 radical (unpaired) electrons. The maximum atomic E-state index is 7.21. The molecule has 0 amide bonds. The lowest BCUT2D eigenvalue weighted by Crippen LogP contribution is -2.57. The van der Waals surface area contributed by atoms with Crippen LogP contribution in [0.1, 0.15) is 76.0 Å². The number of rotatable bonds is 6. The van der Waals surface area contributed by atoms with Gasteiger partial charge in [-0.2, -0.15) is 0 Å². The Morgan fingerprint density at radius 3 is 1.58 bits per heavy atom. The molecular formula is C41H41BN2O. The first kappa shape index (κ1) is 29.0. The van der Waals surface area contributed by atoms with Gasteiger partial charge in [0.05, 0.1) is 5.69 Å². The molecule has 0 saturated heterocycles. The highest BCUT2D eigenvalue weighted by molar-refractivity contribution is 6.92. The first-order chi connectivity index (χ1) is 21.8. The van der Waals surface area contributed by atoms with Crippen LogP contribution in [0.2, 0.25) is 0 Å². The number of ether oxygens (including phenoxy) is 1. The minimum absolute atomic E-state index is 0.0910. The van der Waals surface area contributed by atoms with Gasteiger partial charge >= 0.3 is 0 Å². The second-order valence-corrected chi connectivity index (χ2v) is 13.2. The van der Waals surface area contributed by atoms with Gasteiger partial charge < -0.3 is 4.74 Å². The van der Waals surface area contributed by atoms with Crippen LogP contribution in [-0.4, -0.2) is 6.71 Å². The predicted octanol–water partition coefficient (Wildman–Crippen LogP) is 9.76. The van der Waals surface area contributed by atoms with Gasteiger partial charge in [-0.05, 0) is 82.4 Å². The molecule has 0 atom stereocenters. The normalized spacial score (nSPS) is 14.1. The molecular weight excluding hydrogens is 547 g/mol. The number of para-hydroxylation sites is 5. The van der Waals surface area contributed by atoms with E-state index in [1.165, 1.54) is 33.3 Å². The molecule has 0 bridgehead atoms. The highest BCUT2D eigenvalue weighted by atomic mass is 16.5. The fourth-order valence-electron chi connectivity index (χ4n) is 7.01. The maximum Gasteiger partial charge on any atom is 0.295 e. The molecule has 0 spiro atoms. The molecule has 0 aromatic heterocycles. The summed E-state index contributed by atoms with van der Waals surface area (Å²) in [7, 11) is 0. The minimum atomic E-state index is -0.0910. The monoisotopic (exact) mass is 588 g/mol. The first-order valence-electron chi connectivity index (χ1n) is 16.3. The number of fused-ring (bicyclic) bond motifs is 2. The van der Waals surface area contributed by atoms with Crippen LogP contribution in [0.15, 0.2) is 133 Å². The lowest BCUT2D eigenvalue weighted by atomic mass is 9.35. The Morgan fingerprint density at radius 1 is 0.533 bits per heavy atom. The minimum Gasteiger partial charge on any atom is -0.465 e. The Labute approximate surface area is 268 Å². The average molecular weight is 589 g/mol. The van der Waals surface area contributed by atoms with Crippen molar-refractivity contribution in [3.8, 4) is 5.75 Å². The molecule has 0 unspecified atom stereocenters. The Balaban J connectivity index is 1.62. The molecule has 0 N–H and O–H groups in total. The quantitative estimate of drug-likeness (QED) is 0.184. The van der Waals surface area contributed by atoms with Gasteiger partial charge in [-0.3, -0.25) is 9.80 Å². The Hall–Kier alpha value is -4.70. The average Bonchev–Trinajstić information content (AvgIpc) is 3.06. The van der Waals surface area contributed by atoms with Gasteiger partial charge in [0.25, 0.3) is 6.71 Å². The standard InChI is InChI=1S/C41H41BN2O/c1-27(2)30-25-33(28(3)4)39(34(26-30)29(5)6)42-35-21-13-14-22-36(35)43(31-17-9-7-10-18-31)41-40(42)45-38-24-16-15-23-37(38)44(41)32-19-11-8-12-20-32/h7-29H,1-6H3. The third kappa shape index (κ3) is 4.93. The fraction of sp³-hybridized carbons (Fsp3) is 0.220. The van der Waals surface area contributed by atoms with E-state index < -0.39 is 0 Å². The second kappa shape index (κ2) is 11.7. The van der Waals surface area contributed by atoms with E-state index in [9.17, 15) is 0 Å². The van der Waals surface area contributed by atoms with Crippen LogP contribution >= 0.6 is 0 Å². The molecule has 2 aliphatic rings. The summed E-state index contributed by atoms with van der Waals surface area (Å²) in [6, 6.07) is 43.7. The lowest BCUT2D eigenvalue weighted by molar-refractivity contribution is 0.440. The van der Waals surface area contributed by atoms with E-state index in [-0.39, 0.29) is 6.71 Å². The van der Waals surface area contributed by atoms with Crippen molar-refractivity contribution < 1.29 is 4.74 Å². The Kier molecular flexibility index (Phi) is 7.53. The van der Waals surface area contributed by atoms with Gasteiger partial charge in [-0.15, -0.1) is 0 Å². The van der Waals surface area contributed by atoms with E-state index in [1.54, 1.807) is 0 Å². The molecule has 0 fully saturated rings. The predicted molar refractivity (Wildman–Crippen MR) is 191 cm³/mol. The molecule has 4 heteroatoms. The highest BCUT2D eigenvalue weighted by Gasteiger charge is 2.46. The van der Waals surface area contributed by atoms with E-state index in [0.29, 0.717) is 17.8 Å². The van der Waals surface area contributed by atoms with Crippen LogP contribution in [-0.2, 0) is 0 Å². The van der Waals surface area contributed by atoms with Crippen molar-refractivity contribution in [3.63, 3.8) is 0 Å². The molecule has 5 aromatic rings. The zero-order valence-electron chi connectivity index (χ0n) is 27.2. The van der Waals surface area contributed by atoms with Crippen LogP contribution in [0.25, 0.3) is 0 Å². The SMILES string of the molecule is CC(C)c1cc(C(C)C)c(B2C3=C(N(c4ccccc4)c4ccccc4O3)N(c3ccccc3)c3ccccc32)c(C(C)C)c1. The summed E-state index contributed by atoms with van der Waals surface area (Å²) in [6.45, 7) is 13.8. The zero-order chi connectivity index (χ0) is 31.2. The van der Waals surface area contributed by atoms with E-state index in [4.69, 9.17) is 4.74 Å². The van der Waals surface area contributed by atoms with Crippen LogP contribution < -0.4 is 25.5 Å². The van der Waals surface area contributed by atoms with Crippen LogP contribution in [0.3, 0.4) is 0 Å². The van der Waals surface area contributed by atoms with E-state index in [1.807, 2.05) is 0 Å². The Bertz CT molecular complexity index is 1800. The molecule has 7 rings (SSSR count). The van der Waals surface area contributed by atoms with Gasteiger partial charge in [-0.25, -0.2) is 0 Å². The molecule has 224 valence electrons. The lowest BCUT2D eigenvalue weighted by Gasteiger charge is -2.46. The number of hydrogen-bond acceptors (Lipinski definition) is 3. The summed E-state index contributed by atoms with van der Waals surface area (Å²) in [5, 5.41) is 0. The smallest absolute Gasteiger partial charge is 0.295 e. The molecule has 0 aliphatic carbocycles. The largest absolute Gasteiger partial charge is 0.465 e. The van der Waals surface area contributed by atoms with Gasteiger partial charge in [0.1, 0.15) is 11.4 Å². The fourth-order valence-corrected chi connectivity index (χ4v) is 7.01. The van der Waals surface area contributed by atoms with Gasteiger partial charge in [0.2, 0.25) is 0 Å². The second-order valence-electron chi connectivity index (χ2n) is 13.2. The van der Waals surface area contributed by atoms with Crippen LogP contribution in [0, 0.1) is 0 Å². The summed E-state index contributed by atoms with van der Waals surface area (Å²) in [5.74, 6) is 3.05. The van der Waals surface area contributed by atoms with Crippen molar-refractivity contribution in [2.75, 3.05) is 9.80 Å². The zero-order valence-corrected chi connectivity index (χ0v) is 27.2. The molecule has 0 saturated carbocycles. The van der Waals surface area contributed by atoms with Crippen molar-refractivity contribution in [3.05, 3.63) is 149 Å². The van der Waals surface area contributed by atoms with Gasteiger partial charge in [0, 0.05) is 17.1 Å². The van der Waals surface area contributed by atoms with E-state index in [0.717, 1.165) is 34.3 Å². The topological polar surface area (TPSA) is 15.7 Å². The van der Waals surface area contributed by atoms with E-state index in [2.05, 4.69) is 173 Å². The molecule has 5 aromatic carbocycles. The molecule has 2 aliphatic heterocycles. The van der Waals surface area contributed by atoms with Gasteiger partial charge in [0.15, 0.2) is 5.82 Å². The third-order valence-corrected chi connectivity index (χ3v) is 9.22. The number of anilines is 4. The summed E-state index contributed by atoms with van der Waals surface area (Å²) >= 11 is 0. The summed E-state index contributed by atoms with van der Waals surface area (Å²) in [5.41, 5.74) is 12.2. The molecule has 45 heavy (non-hydrogen) atoms.